The molecule has 0 atom stereocenters. The van der Waals surface area contributed by atoms with Crippen LogP contribution in [0.25, 0.3) is 11.0 Å². The van der Waals surface area contributed by atoms with Gasteiger partial charge in [-0.1, -0.05) is 11.8 Å². The van der Waals surface area contributed by atoms with Gasteiger partial charge in [0.25, 0.3) is 5.24 Å². The molecule has 0 radical (unpaired) electrons. The maximum atomic E-state index is 13.7. The Bertz CT molecular complexity index is 685. The fraction of sp³-hybridized carbons (Fsp3) is 0.182. The van der Waals surface area contributed by atoms with Crippen molar-refractivity contribution in [2.75, 3.05) is 5.75 Å². The van der Waals surface area contributed by atoms with Crippen LogP contribution < -0.4 is 5.43 Å². The van der Waals surface area contributed by atoms with Gasteiger partial charge in [0.1, 0.15) is 11.2 Å². The van der Waals surface area contributed by atoms with E-state index in [1.54, 1.807) is 0 Å². The summed E-state index contributed by atoms with van der Waals surface area (Å²) in [6.45, 7) is 1.82. The molecule has 2 aromatic rings. The Labute approximate surface area is 118 Å². The standard InChI is InChI=1S/C11H9FN4OS.ClH/c1-5-2-6(12)9-7(3-5)13-10(14-9)8-4-18-11(17)16-15-8;/h2-3H,4H2,1H3,(H,13,14)(H,16,17);1H. The first-order valence-electron chi connectivity index (χ1n) is 5.29. The number of amides is 1. The lowest BCUT2D eigenvalue weighted by atomic mass is 10.2. The summed E-state index contributed by atoms with van der Waals surface area (Å²) in [6.07, 6.45) is 0. The molecule has 1 aromatic heterocycles. The van der Waals surface area contributed by atoms with Gasteiger partial charge in [-0.25, -0.2) is 14.8 Å². The van der Waals surface area contributed by atoms with Gasteiger partial charge in [-0.15, -0.1) is 12.4 Å². The summed E-state index contributed by atoms with van der Waals surface area (Å²) in [5.41, 5.74) is 4.71. The SMILES string of the molecule is Cc1cc(F)c2nc(C3=NNC(=O)SC3)[nH]c2c1.Cl. The first kappa shape index (κ1) is 13.8. The van der Waals surface area contributed by atoms with Gasteiger partial charge in [-0.05, 0) is 24.6 Å². The summed E-state index contributed by atoms with van der Waals surface area (Å²) in [5.74, 6) is 0.550. The molecule has 1 amide bonds. The highest BCUT2D eigenvalue weighted by molar-refractivity contribution is 8.14. The molecule has 1 aliphatic rings. The smallest absolute Gasteiger partial charge is 0.299 e. The number of hydrogen-bond donors (Lipinski definition) is 2. The van der Waals surface area contributed by atoms with E-state index in [1.165, 1.54) is 6.07 Å². The summed E-state index contributed by atoms with van der Waals surface area (Å²) in [4.78, 5) is 18.2. The Balaban J connectivity index is 0.00000133. The molecule has 0 spiro atoms. The molecule has 0 fully saturated rings. The molecule has 19 heavy (non-hydrogen) atoms. The summed E-state index contributed by atoms with van der Waals surface area (Å²) >= 11 is 1.10. The summed E-state index contributed by atoms with van der Waals surface area (Å²) < 4.78 is 13.7. The van der Waals surface area contributed by atoms with Crippen LogP contribution in [0.5, 0.6) is 0 Å². The first-order chi connectivity index (χ1) is 8.63. The number of imidazole rings is 1. The normalized spacial score (nSPS) is 14.8. The second kappa shape index (κ2) is 5.18. The Morgan fingerprint density at radius 1 is 1.42 bits per heavy atom. The van der Waals surface area contributed by atoms with Crippen molar-refractivity contribution < 1.29 is 9.18 Å². The zero-order valence-corrected chi connectivity index (χ0v) is 11.5. The lowest BCUT2D eigenvalue weighted by Crippen LogP contribution is -2.24. The Hall–Kier alpha value is -1.60. The zero-order valence-electron chi connectivity index (χ0n) is 9.86. The Kier molecular flexibility index (Phi) is 3.77. The number of halogens is 2. The topological polar surface area (TPSA) is 70.1 Å². The zero-order chi connectivity index (χ0) is 12.7. The van der Waals surface area contributed by atoms with Crippen molar-refractivity contribution in [1.82, 2.24) is 15.4 Å². The third-order valence-electron chi connectivity index (χ3n) is 2.58. The van der Waals surface area contributed by atoms with Crippen molar-refractivity contribution in [3.05, 3.63) is 29.3 Å². The molecule has 8 heteroatoms. The fourth-order valence-corrected chi connectivity index (χ4v) is 2.36. The number of aryl methyl sites for hydroxylation is 1. The van der Waals surface area contributed by atoms with Crippen LogP contribution in [-0.2, 0) is 0 Å². The largest absolute Gasteiger partial charge is 0.337 e. The summed E-state index contributed by atoms with van der Waals surface area (Å²) in [7, 11) is 0. The molecule has 0 saturated carbocycles. The molecule has 0 aliphatic carbocycles. The minimum Gasteiger partial charge on any atom is -0.337 e. The Morgan fingerprint density at radius 2 is 2.21 bits per heavy atom. The number of benzene rings is 1. The van der Waals surface area contributed by atoms with Crippen LogP contribution in [0, 0.1) is 12.7 Å². The minimum atomic E-state index is -0.361. The first-order valence-corrected chi connectivity index (χ1v) is 6.27. The van der Waals surface area contributed by atoms with E-state index in [1.807, 2.05) is 13.0 Å². The molecule has 0 unspecified atom stereocenters. The number of nitrogens with one attached hydrogen (secondary N) is 2. The van der Waals surface area contributed by atoms with Crippen LogP contribution in [0.15, 0.2) is 17.2 Å². The number of rotatable bonds is 1. The highest BCUT2D eigenvalue weighted by Crippen LogP contribution is 2.19. The molecule has 2 heterocycles. The highest BCUT2D eigenvalue weighted by atomic mass is 35.5. The number of carbonyl (C=O) groups is 1. The average Bonchev–Trinajstić information content (AvgIpc) is 2.74. The predicted octanol–water partition coefficient (Wildman–Crippen LogP) is 2.59. The minimum absolute atomic E-state index is 0. The van der Waals surface area contributed by atoms with Gasteiger partial charge in [0.05, 0.1) is 11.3 Å². The number of hydrogen-bond acceptors (Lipinski definition) is 4. The molecule has 2 N–H and O–H groups in total. The number of nitrogens with zero attached hydrogens (tertiary/aromatic N) is 2. The van der Waals surface area contributed by atoms with Crippen molar-refractivity contribution >= 4 is 46.2 Å². The van der Waals surface area contributed by atoms with Crippen molar-refractivity contribution in [3.63, 3.8) is 0 Å². The molecule has 3 rings (SSSR count). The summed E-state index contributed by atoms with van der Waals surface area (Å²) in [5, 5.41) is 3.71. The number of aromatic amines is 1. The van der Waals surface area contributed by atoms with Crippen molar-refractivity contribution in [2.24, 2.45) is 5.10 Å². The highest BCUT2D eigenvalue weighted by Gasteiger charge is 2.18. The van der Waals surface area contributed by atoms with E-state index in [4.69, 9.17) is 0 Å². The molecular weight excluding hydrogens is 291 g/mol. The quantitative estimate of drug-likeness (QED) is 0.850. The summed E-state index contributed by atoms with van der Waals surface area (Å²) in [6, 6.07) is 3.26. The second-order valence-electron chi connectivity index (χ2n) is 3.97. The molecule has 5 nitrogen and oxygen atoms in total. The van der Waals surface area contributed by atoms with Gasteiger partial charge in [-0.3, -0.25) is 4.79 Å². The van der Waals surface area contributed by atoms with Crippen LogP contribution in [0.2, 0.25) is 0 Å². The van der Waals surface area contributed by atoms with E-state index >= 15 is 0 Å². The third kappa shape index (κ3) is 2.57. The number of H-pyrrole nitrogens is 1. The van der Waals surface area contributed by atoms with E-state index in [0.717, 1.165) is 17.3 Å². The van der Waals surface area contributed by atoms with Gasteiger partial charge >= 0.3 is 0 Å². The number of carbonyl (C=O) groups excluding carboxylic acids is 1. The average molecular weight is 301 g/mol. The molecule has 100 valence electrons. The van der Waals surface area contributed by atoms with Gasteiger partial charge in [0.2, 0.25) is 0 Å². The van der Waals surface area contributed by atoms with Gasteiger partial charge in [0, 0.05) is 0 Å². The van der Waals surface area contributed by atoms with Gasteiger partial charge < -0.3 is 4.98 Å². The molecule has 0 saturated heterocycles. The predicted molar refractivity (Wildman–Crippen MR) is 75.6 cm³/mol. The lowest BCUT2D eigenvalue weighted by molar-refractivity contribution is 0.261. The van der Waals surface area contributed by atoms with Gasteiger partial charge in [0.15, 0.2) is 11.6 Å². The van der Waals surface area contributed by atoms with E-state index in [9.17, 15) is 9.18 Å². The van der Waals surface area contributed by atoms with Crippen molar-refractivity contribution in [2.45, 2.75) is 6.92 Å². The number of thioether (sulfide) groups is 1. The monoisotopic (exact) mass is 300 g/mol. The number of fused-ring (bicyclic) bond motifs is 1. The molecule has 0 bridgehead atoms. The fourth-order valence-electron chi connectivity index (χ4n) is 1.78. The lowest BCUT2D eigenvalue weighted by Gasteiger charge is -2.08. The molecule has 1 aliphatic heterocycles. The second-order valence-corrected chi connectivity index (χ2v) is 4.92. The molecular formula is C11H10ClFN4OS. The van der Waals surface area contributed by atoms with Crippen LogP contribution in [0.1, 0.15) is 11.4 Å². The third-order valence-corrected chi connectivity index (χ3v) is 3.35. The molecule has 1 aromatic carbocycles. The maximum Gasteiger partial charge on any atom is 0.299 e. The van der Waals surface area contributed by atoms with Crippen molar-refractivity contribution in [1.29, 1.82) is 0 Å². The van der Waals surface area contributed by atoms with E-state index in [0.29, 0.717) is 28.3 Å². The van der Waals surface area contributed by atoms with Crippen LogP contribution >= 0.6 is 24.2 Å². The van der Waals surface area contributed by atoms with E-state index in [-0.39, 0.29) is 23.5 Å². The Morgan fingerprint density at radius 3 is 2.89 bits per heavy atom. The van der Waals surface area contributed by atoms with E-state index < -0.39 is 0 Å². The number of aromatic nitrogens is 2. The van der Waals surface area contributed by atoms with E-state index in [2.05, 4.69) is 20.5 Å². The van der Waals surface area contributed by atoms with Crippen LogP contribution in [0.4, 0.5) is 9.18 Å². The maximum absolute atomic E-state index is 13.7. The van der Waals surface area contributed by atoms with Gasteiger partial charge in [-0.2, -0.15) is 5.10 Å². The number of hydrazone groups is 1. The van der Waals surface area contributed by atoms with Crippen molar-refractivity contribution in [3.8, 4) is 0 Å². The van der Waals surface area contributed by atoms with Crippen LogP contribution in [0.3, 0.4) is 0 Å². The van der Waals surface area contributed by atoms with Crippen LogP contribution in [-0.4, -0.2) is 26.7 Å².